The fraction of sp³-hybridized carbons (Fsp3) is 0.647. The monoisotopic (exact) mass is 337 g/mol. The van der Waals surface area contributed by atoms with E-state index in [0.29, 0.717) is 17.5 Å². The van der Waals surface area contributed by atoms with Crippen LogP contribution in [0.25, 0.3) is 0 Å². The Hall–Kier alpha value is -0.950. The predicted octanol–water partition coefficient (Wildman–Crippen LogP) is 1.44. The smallest absolute Gasteiger partial charge is 0.240 e. The second-order valence-electron chi connectivity index (χ2n) is 6.88. The van der Waals surface area contributed by atoms with E-state index in [1.165, 1.54) is 18.4 Å². The van der Waals surface area contributed by atoms with Crippen LogP contribution in [-0.4, -0.2) is 58.0 Å². The maximum absolute atomic E-state index is 12.5. The van der Waals surface area contributed by atoms with E-state index in [0.717, 1.165) is 38.0 Å². The van der Waals surface area contributed by atoms with Gasteiger partial charge in [-0.2, -0.15) is 0 Å². The summed E-state index contributed by atoms with van der Waals surface area (Å²) in [6.07, 6.45) is 4.26. The molecule has 6 heteroatoms. The molecule has 1 saturated heterocycles. The Bertz CT molecular complexity index is 660. The molecule has 1 atom stereocenters. The molecule has 0 amide bonds. The van der Waals surface area contributed by atoms with Crippen LogP contribution in [0, 0.1) is 0 Å². The molecule has 2 aliphatic rings. The first-order valence-corrected chi connectivity index (χ1v) is 9.94. The van der Waals surface area contributed by atoms with Crippen molar-refractivity contribution >= 4 is 10.0 Å². The molecule has 2 aliphatic heterocycles. The summed E-state index contributed by atoms with van der Waals surface area (Å²) in [5, 5.41) is 0. The molecule has 1 N–H and O–H groups in total. The van der Waals surface area contributed by atoms with Crippen molar-refractivity contribution in [2.75, 3.05) is 33.7 Å². The van der Waals surface area contributed by atoms with Gasteiger partial charge in [-0.15, -0.1) is 0 Å². The fourth-order valence-electron chi connectivity index (χ4n) is 3.63. The highest BCUT2D eigenvalue weighted by Crippen LogP contribution is 2.22. The Kier molecular flexibility index (Phi) is 5.06. The van der Waals surface area contributed by atoms with E-state index in [1.807, 2.05) is 12.1 Å². The van der Waals surface area contributed by atoms with Crippen LogP contribution in [0.3, 0.4) is 0 Å². The molecule has 128 valence electrons. The standard InChI is InChI=1S/C17H27N3O2S/c1-19-11-8-14-5-6-17(12-15(14)13-19)23(21,22)18-9-7-16-4-3-10-20(16)2/h5-6,12,16,18H,3-4,7-11,13H2,1-2H3/t16-/m0/s1. The normalized spacial score (nSPS) is 23.1. The van der Waals surface area contributed by atoms with Gasteiger partial charge in [0.1, 0.15) is 0 Å². The summed E-state index contributed by atoms with van der Waals surface area (Å²) in [6.45, 7) is 3.49. The van der Waals surface area contributed by atoms with Crippen molar-refractivity contribution in [3.63, 3.8) is 0 Å². The number of fused-ring (bicyclic) bond motifs is 1. The SMILES string of the molecule is CN1CCc2ccc(S(=O)(=O)NCC[C@@H]3CCCN3C)cc2C1. The Labute approximate surface area is 139 Å². The van der Waals surface area contributed by atoms with Gasteiger partial charge in [0.15, 0.2) is 0 Å². The molecule has 0 unspecified atom stereocenters. The summed E-state index contributed by atoms with van der Waals surface area (Å²) in [5.74, 6) is 0. The number of nitrogens with one attached hydrogen (secondary N) is 1. The maximum atomic E-state index is 12.5. The van der Waals surface area contributed by atoms with E-state index in [1.54, 1.807) is 6.07 Å². The molecule has 0 saturated carbocycles. The van der Waals surface area contributed by atoms with Gasteiger partial charge in [-0.1, -0.05) is 6.07 Å². The van der Waals surface area contributed by atoms with Crippen LogP contribution < -0.4 is 4.72 Å². The Balaban J connectivity index is 1.64. The Morgan fingerprint density at radius 2 is 2.04 bits per heavy atom. The molecule has 0 spiro atoms. The highest BCUT2D eigenvalue weighted by atomic mass is 32.2. The number of hydrogen-bond donors (Lipinski definition) is 1. The van der Waals surface area contributed by atoms with Gasteiger partial charge in [0.05, 0.1) is 4.90 Å². The van der Waals surface area contributed by atoms with Crippen LogP contribution in [0.5, 0.6) is 0 Å². The summed E-state index contributed by atoms with van der Waals surface area (Å²) in [7, 11) is 0.780. The van der Waals surface area contributed by atoms with Gasteiger partial charge < -0.3 is 9.80 Å². The summed E-state index contributed by atoms with van der Waals surface area (Å²) < 4.78 is 27.8. The fourth-order valence-corrected chi connectivity index (χ4v) is 4.73. The molecule has 0 aliphatic carbocycles. The van der Waals surface area contributed by atoms with Crippen LogP contribution >= 0.6 is 0 Å². The van der Waals surface area contributed by atoms with E-state index >= 15 is 0 Å². The topological polar surface area (TPSA) is 52.7 Å². The van der Waals surface area contributed by atoms with E-state index in [-0.39, 0.29) is 0 Å². The first-order valence-electron chi connectivity index (χ1n) is 8.46. The number of rotatable bonds is 5. The van der Waals surface area contributed by atoms with Crippen molar-refractivity contribution in [1.82, 2.24) is 14.5 Å². The number of likely N-dealkylation sites (tertiary alicyclic amines) is 1. The van der Waals surface area contributed by atoms with Gasteiger partial charge in [0, 0.05) is 25.7 Å². The van der Waals surface area contributed by atoms with Crippen molar-refractivity contribution < 1.29 is 8.42 Å². The predicted molar refractivity (Wildman–Crippen MR) is 91.9 cm³/mol. The Morgan fingerprint density at radius 1 is 1.22 bits per heavy atom. The number of sulfonamides is 1. The summed E-state index contributed by atoms with van der Waals surface area (Å²) in [5.41, 5.74) is 2.41. The molecule has 0 aromatic heterocycles. The van der Waals surface area contributed by atoms with Gasteiger partial charge >= 0.3 is 0 Å². The van der Waals surface area contributed by atoms with E-state index in [9.17, 15) is 8.42 Å². The summed E-state index contributed by atoms with van der Waals surface area (Å²) in [4.78, 5) is 4.94. The molecule has 2 heterocycles. The lowest BCUT2D eigenvalue weighted by Gasteiger charge is -2.25. The first kappa shape index (κ1) is 16.9. The third-order valence-electron chi connectivity index (χ3n) is 5.13. The van der Waals surface area contributed by atoms with Crippen molar-refractivity contribution in [3.8, 4) is 0 Å². The molecule has 3 rings (SSSR count). The quantitative estimate of drug-likeness (QED) is 0.883. The molecule has 23 heavy (non-hydrogen) atoms. The molecule has 5 nitrogen and oxygen atoms in total. The lowest BCUT2D eigenvalue weighted by Crippen LogP contribution is -2.32. The Morgan fingerprint density at radius 3 is 2.78 bits per heavy atom. The van der Waals surface area contributed by atoms with Crippen molar-refractivity contribution in [1.29, 1.82) is 0 Å². The molecule has 0 bridgehead atoms. The van der Waals surface area contributed by atoms with Gasteiger partial charge in [-0.25, -0.2) is 13.1 Å². The number of nitrogens with zero attached hydrogens (tertiary/aromatic N) is 2. The van der Waals surface area contributed by atoms with Crippen LogP contribution in [0.1, 0.15) is 30.4 Å². The van der Waals surface area contributed by atoms with Crippen LogP contribution in [0.4, 0.5) is 0 Å². The molecule has 1 fully saturated rings. The minimum absolute atomic E-state index is 0.395. The molecule has 0 radical (unpaired) electrons. The first-order chi connectivity index (χ1) is 11.0. The summed E-state index contributed by atoms with van der Waals surface area (Å²) >= 11 is 0. The van der Waals surface area contributed by atoms with E-state index in [4.69, 9.17) is 0 Å². The van der Waals surface area contributed by atoms with Crippen molar-refractivity contribution in [2.45, 2.75) is 43.2 Å². The highest BCUT2D eigenvalue weighted by Gasteiger charge is 2.22. The average Bonchev–Trinajstić information content (AvgIpc) is 2.91. The number of likely N-dealkylation sites (N-methyl/N-ethyl adjacent to an activating group) is 1. The minimum Gasteiger partial charge on any atom is -0.303 e. The molecular weight excluding hydrogens is 310 g/mol. The third-order valence-corrected chi connectivity index (χ3v) is 6.59. The summed E-state index contributed by atoms with van der Waals surface area (Å²) in [6, 6.07) is 6.07. The van der Waals surface area contributed by atoms with Gasteiger partial charge in [0.2, 0.25) is 10.0 Å². The zero-order chi connectivity index (χ0) is 16.4. The second-order valence-corrected chi connectivity index (χ2v) is 8.65. The molecule has 1 aromatic rings. The minimum atomic E-state index is -3.41. The van der Waals surface area contributed by atoms with E-state index < -0.39 is 10.0 Å². The molecule has 1 aromatic carbocycles. The average molecular weight is 337 g/mol. The largest absolute Gasteiger partial charge is 0.303 e. The van der Waals surface area contributed by atoms with Crippen molar-refractivity contribution in [2.24, 2.45) is 0 Å². The zero-order valence-corrected chi connectivity index (χ0v) is 14.9. The third kappa shape index (κ3) is 3.94. The van der Waals surface area contributed by atoms with Crippen LogP contribution in [0.2, 0.25) is 0 Å². The van der Waals surface area contributed by atoms with Crippen LogP contribution in [-0.2, 0) is 23.0 Å². The second kappa shape index (κ2) is 6.89. The lowest BCUT2D eigenvalue weighted by molar-refractivity contribution is 0.297. The zero-order valence-electron chi connectivity index (χ0n) is 14.1. The molecular formula is C17H27N3O2S. The lowest BCUT2D eigenvalue weighted by atomic mass is 10.0. The maximum Gasteiger partial charge on any atom is 0.240 e. The van der Waals surface area contributed by atoms with E-state index in [2.05, 4.69) is 28.6 Å². The van der Waals surface area contributed by atoms with Gasteiger partial charge in [-0.3, -0.25) is 0 Å². The number of benzene rings is 1. The van der Waals surface area contributed by atoms with Gasteiger partial charge in [-0.05, 0) is 69.6 Å². The van der Waals surface area contributed by atoms with Crippen LogP contribution in [0.15, 0.2) is 23.1 Å². The number of hydrogen-bond acceptors (Lipinski definition) is 4. The highest BCUT2D eigenvalue weighted by molar-refractivity contribution is 7.89. The van der Waals surface area contributed by atoms with Crippen molar-refractivity contribution in [3.05, 3.63) is 29.3 Å². The van der Waals surface area contributed by atoms with Gasteiger partial charge in [0.25, 0.3) is 0 Å².